The Morgan fingerprint density at radius 1 is 1.14 bits per heavy atom. The van der Waals surface area contributed by atoms with Crippen molar-refractivity contribution in [1.29, 1.82) is 5.26 Å². The van der Waals surface area contributed by atoms with Gasteiger partial charge in [-0.15, -0.1) is 0 Å². The van der Waals surface area contributed by atoms with Crippen LogP contribution in [0.4, 0.5) is 0 Å². The van der Waals surface area contributed by atoms with Gasteiger partial charge in [0.05, 0.1) is 12.0 Å². The largest absolute Gasteiger partial charge is 0.293 e. The van der Waals surface area contributed by atoms with E-state index in [1.54, 1.807) is 0 Å². The summed E-state index contributed by atoms with van der Waals surface area (Å²) in [6.45, 7) is 4.22. The molecule has 0 aliphatic carbocycles. The number of benzene rings is 2. The van der Waals surface area contributed by atoms with Crippen LogP contribution in [0.3, 0.4) is 0 Å². The summed E-state index contributed by atoms with van der Waals surface area (Å²) in [4.78, 5) is 2.44. The fraction of sp³-hybridized carbons (Fsp3) is 0.316. The molecule has 1 heterocycles. The van der Waals surface area contributed by atoms with Gasteiger partial charge in [0.2, 0.25) is 0 Å². The first-order valence-corrected chi connectivity index (χ1v) is 7.50. The Balaban J connectivity index is 1.56. The normalized spacial score (nSPS) is 21.5. The molecule has 3 rings (SSSR count). The van der Waals surface area contributed by atoms with E-state index in [-0.39, 0.29) is 5.92 Å². The summed E-state index contributed by atoms with van der Waals surface area (Å²) in [7, 11) is 0. The summed E-state index contributed by atoms with van der Waals surface area (Å²) in [5.41, 5.74) is 3.80. The molecule has 2 aromatic carbocycles. The van der Waals surface area contributed by atoms with Crippen LogP contribution in [-0.4, -0.2) is 17.5 Å². The molecule has 0 aromatic heterocycles. The van der Waals surface area contributed by atoms with Crippen molar-refractivity contribution in [2.45, 2.75) is 31.8 Å². The van der Waals surface area contributed by atoms with Crippen molar-refractivity contribution in [3.05, 3.63) is 71.3 Å². The van der Waals surface area contributed by atoms with Gasteiger partial charge < -0.3 is 0 Å². The van der Waals surface area contributed by atoms with E-state index in [1.807, 2.05) is 18.2 Å². The van der Waals surface area contributed by atoms with E-state index < -0.39 is 0 Å². The van der Waals surface area contributed by atoms with Crippen molar-refractivity contribution in [2.75, 3.05) is 6.54 Å². The predicted molar refractivity (Wildman–Crippen MR) is 84.8 cm³/mol. The molecule has 106 valence electrons. The van der Waals surface area contributed by atoms with E-state index in [1.165, 1.54) is 11.1 Å². The molecule has 1 aliphatic heterocycles. The molecule has 1 fully saturated rings. The van der Waals surface area contributed by atoms with Crippen LogP contribution >= 0.6 is 0 Å². The average Bonchev–Trinajstić information content (AvgIpc) is 3.26. The molecule has 3 atom stereocenters. The Bertz CT molecular complexity index is 625. The quantitative estimate of drug-likeness (QED) is 0.775. The first-order valence-electron chi connectivity index (χ1n) is 7.50. The first kappa shape index (κ1) is 13.9. The lowest BCUT2D eigenvalue weighted by atomic mass is 9.96. The van der Waals surface area contributed by atoms with Crippen molar-refractivity contribution in [2.24, 2.45) is 0 Å². The number of rotatable bonds is 5. The van der Waals surface area contributed by atoms with Gasteiger partial charge in [0.15, 0.2) is 0 Å². The lowest BCUT2D eigenvalue weighted by Gasteiger charge is -2.09. The predicted octanol–water partition coefficient (Wildman–Crippen LogP) is 3.88. The third-order valence-corrected chi connectivity index (χ3v) is 4.20. The van der Waals surface area contributed by atoms with E-state index in [2.05, 4.69) is 54.3 Å². The Morgan fingerprint density at radius 2 is 1.86 bits per heavy atom. The highest BCUT2D eigenvalue weighted by Gasteiger charge is 2.35. The Kier molecular flexibility index (Phi) is 4.03. The lowest BCUT2D eigenvalue weighted by Crippen LogP contribution is -2.06. The molecule has 1 saturated heterocycles. The molecule has 0 radical (unpaired) electrons. The van der Waals surface area contributed by atoms with Gasteiger partial charge in [0, 0.05) is 19.1 Å². The zero-order chi connectivity index (χ0) is 14.7. The lowest BCUT2D eigenvalue weighted by molar-refractivity contribution is 0.479. The molecular formula is C19H20N2. The molecule has 0 bridgehead atoms. The molecule has 2 aromatic rings. The summed E-state index contributed by atoms with van der Waals surface area (Å²) in [5.74, 6) is 0.0132. The fourth-order valence-electron chi connectivity index (χ4n) is 2.79. The Labute approximate surface area is 126 Å². The maximum Gasteiger partial charge on any atom is 0.0728 e. The van der Waals surface area contributed by atoms with Gasteiger partial charge in [0.25, 0.3) is 0 Å². The molecule has 2 nitrogen and oxygen atoms in total. The highest BCUT2D eigenvalue weighted by Crippen LogP contribution is 2.31. The third-order valence-electron chi connectivity index (χ3n) is 4.20. The molecule has 2 heteroatoms. The topological polar surface area (TPSA) is 26.8 Å². The smallest absolute Gasteiger partial charge is 0.0728 e. The maximum atomic E-state index is 9.39. The molecule has 21 heavy (non-hydrogen) atoms. The number of hydrogen-bond acceptors (Lipinski definition) is 2. The highest BCUT2D eigenvalue weighted by molar-refractivity contribution is 5.26. The van der Waals surface area contributed by atoms with Crippen LogP contribution in [0, 0.1) is 18.3 Å². The van der Waals surface area contributed by atoms with Crippen LogP contribution in [-0.2, 0) is 6.54 Å². The number of hydrogen-bond donors (Lipinski definition) is 0. The molecule has 0 spiro atoms. The van der Waals surface area contributed by atoms with E-state index in [9.17, 15) is 5.26 Å². The molecule has 3 unspecified atom stereocenters. The van der Waals surface area contributed by atoms with Crippen molar-refractivity contribution in [3.63, 3.8) is 0 Å². The third kappa shape index (κ3) is 3.51. The van der Waals surface area contributed by atoms with Crippen LogP contribution in [0.2, 0.25) is 0 Å². The van der Waals surface area contributed by atoms with Crippen LogP contribution in [0.15, 0.2) is 54.6 Å². The number of nitriles is 1. The zero-order valence-electron chi connectivity index (χ0n) is 12.4. The average molecular weight is 276 g/mol. The van der Waals surface area contributed by atoms with Gasteiger partial charge in [-0.25, -0.2) is 0 Å². The maximum absolute atomic E-state index is 9.39. The van der Waals surface area contributed by atoms with Crippen molar-refractivity contribution in [3.8, 4) is 6.07 Å². The molecule has 0 amide bonds. The summed E-state index contributed by atoms with van der Waals surface area (Å²) < 4.78 is 0. The fourth-order valence-corrected chi connectivity index (χ4v) is 2.79. The van der Waals surface area contributed by atoms with Gasteiger partial charge >= 0.3 is 0 Å². The highest BCUT2D eigenvalue weighted by atomic mass is 15.3. The standard InChI is InChI=1S/C19H20N2/c1-15-7-9-16(10-8-15)13-21-14-19(21)11-18(12-20)17-5-3-2-4-6-17/h2-10,18-19H,11,13-14H2,1H3. The van der Waals surface area contributed by atoms with Gasteiger partial charge in [-0.05, 0) is 24.5 Å². The summed E-state index contributed by atoms with van der Waals surface area (Å²) in [6.07, 6.45) is 0.937. The van der Waals surface area contributed by atoms with Crippen LogP contribution in [0.1, 0.15) is 29.0 Å². The molecule has 0 saturated carbocycles. The molecule has 1 aliphatic rings. The summed E-state index contributed by atoms with van der Waals surface area (Å²) in [5, 5.41) is 9.39. The minimum absolute atomic E-state index is 0.0132. The van der Waals surface area contributed by atoms with E-state index in [4.69, 9.17) is 0 Å². The van der Waals surface area contributed by atoms with E-state index >= 15 is 0 Å². The Hall–Kier alpha value is -2.11. The van der Waals surface area contributed by atoms with Crippen molar-refractivity contribution < 1.29 is 0 Å². The first-order chi connectivity index (χ1) is 10.3. The molecule has 0 N–H and O–H groups in total. The van der Waals surface area contributed by atoms with Crippen LogP contribution in [0.25, 0.3) is 0 Å². The second-order valence-corrected chi connectivity index (χ2v) is 5.90. The summed E-state index contributed by atoms with van der Waals surface area (Å²) in [6, 6.07) is 21.9. The second-order valence-electron chi connectivity index (χ2n) is 5.90. The monoisotopic (exact) mass is 276 g/mol. The SMILES string of the molecule is Cc1ccc(CN2CC2CC(C#N)c2ccccc2)cc1. The van der Waals surface area contributed by atoms with Crippen LogP contribution < -0.4 is 0 Å². The number of nitrogens with zero attached hydrogens (tertiary/aromatic N) is 2. The van der Waals surface area contributed by atoms with Crippen LogP contribution in [0.5, 0.6) is 0 Å². The van der Waals surface area contributed by atoms with E-state index in [0.717, 1.165) is 25.1 Å². The minimum Gasteiger partial charge on any atom is -0.293 e. The van der Waals surface area contributed by atoms with Crippen molar-refractivity contribution in [1.82, 2.24) is 4.90 Å². The van der Waals surface area contributed by atoms with E-state index in [0.29, 0.717) is 6.04 Å². The minimum atomic E-state index is 0.0132. The van der Waals surface area contributed by atoms with Gasteiger partial charge in [-0.1, -0.05) is 60.2 Å². The van der Waals surface area contributed by atoms with Crippen molar-refractivity contribution >= 4 is 0 Å². The molecular weight excluding hydrogens is 256 g/mol. The zero-order valence-corrected chi connectivity index (χ0v) is 12.4. The summed E-state index contributed by atoms with van der Waals surface area (Å²) >= 11 is 0. The van der Waals surface area contributed by atoms with Gasteiger partial charge in [-0.2, -0.15) is 5.26 Å². The van der Waals surface area contributed by atoms with Gasteiger partial charge in [0.1, 0.15) is 0 Å². The Morgan fingerprint density at radius 3 is 2.52 bits per heavy atom. The number of aryl methyl sites for hydroxylation is 1. The second kappa shape index (κ2) is 6.11. The van der Waals surface area contributed by atoms with Gasteiger partial charge in [-0.3, -0.25) is 4.90 Å².